The van der Waals surface area contributed by atoms with Crippen LogP contribution in [0, 0.1) is 5.41 Å². The molecule has 0 bridgehead atoms. The minimum atomic E-state index is -4.48. The second-order valence-electron chi connectivity index (χ2n) is 10.7. The number of pyridine rings is 1. The molecule has 2 aliphatic rings. The molecule has 6 rings (SSSR count). The number of amides is 1. The fourth-order valence-electron chi connectivity index (χ4n) is 4.91. The van der Waals surface area contributed by atoms with Gasteiger partial charge in [0, 0.05) is 49.3 Å². The van der Waals surface area contributed by atoms with E-state index in [2.05, 4.69) is 47.3 Å². The number of hydrogen-bond acceptors (Lipinski definition) is 9. The molecule has 15 heteroatoms. The monoisotopic (exact) mass is 584 g/mol. The van der Waals surface area contributed by atoms with Crippen molar-refractivity contribution in [3.63, 3.8) is 0 Å². The molecular weight excluding hydrogens is 557 g/mol. The number of aromatic nitrogens is 7. The van der Waals surface area contributed by atoms with Crippen molar-refractivity contribution in [1.82, 2.24) is 34.3 Å². The zero-order valence-corrected chi connectivity index (χ0v) is 23.3. The Morgan fingerprint density at radius 3 is 2.73 bits per heavy atom. The molecule has 0 unspecified atom stereocenters. The Balaban J connectivity index is 1.25. The highest BCUT2D eigenvalue weighted by molar-refractivity contribution is 7.13. The number of thiazole rings is 1. The van der Waals surface area contributed by atoms with Gasteiger partial charge in [-0.1, -0.05) is 6.92 Å². The first-order chi connectivity index (χ1) is 19.5. The number of nitrogens with one attached hydrogen (secondary N) is 1. The number of halogens is 3. The van der Waals surface area contributed by atoms with Crippen molar-refractivity contribution in [3.8, 4) is 16.5 Å². The van der Waals surface area contributed by atoms with Gasteiger partial charge in [-0.05, 0) is 25.8 Å². The number of anilines is 2. The molecule has 4 aromatic rings. The van der Waals surface area contributed by atoms with Crippen LogP contribution in [0.5, 0.6) is 0 Å². The van der Waals surface area contributed by atoms with Crippen LogP contribution in [-0.4, -0.2) is 72.7 Å². The Morgan fingerprint density at radius 1 is 1.24 bits per heavy atom. The number of carbonyl (C=O) groups is 1. The van der Waals surface area contributed by atoms with E-state index in [1.165, 1.54) is 5.38 Å². The molecule has 2 fully saturated rings. The maximum absolute atomic E-state index is 13.3. The molecule has 11 nitrogen and oxygen atoms in total. The lowest BCUT2D eigenvalue weighted by molar-refractivity contribution is -0.162. The molecule has 214 valence electrons. The Hall–Kier alpha value is -4.14. The number of carbonyl (C=O) groups excluding carboxylic acids is 1. The summed E-state index contributed by atoms with van der Waals surface area (Å²) in [5.74, 6) is 0.106. The van der Waals surface area contributed by atoms with Gasteiger partial charge in [0.15, 0.2) is 10.8 Å². The molecule has 4 aromatic heterocycles. The van der Waals surface area contributed by atoms with Crippen LogP contribution in [0.2, 0.25) is 0 Å². The lowest BCUT2D eigenvalue weighted by Gasteiger charge is -2.47. The summed E-state index contributed by atoms with van der Waals surface area (Å²) in [6.07, 6.45) is 6.16. The Labute approximate surface area is 237 Å². The van der Waals surface area contributed by atoms with Gasteiger partial charge < -0.3 is 19.8 Å². The van der Waals surface area contributed by atoms with Crippen molar-refractivity contribution >= 4 is 35.0 Å². The Kier molecular flexibility index (Phi) is 6.63. The molecule has 1 aliphatic heterocycles. The molecule has 0 aromatic carbocycles. The molecule has 41 heavy (non-hydrogen) atoms. The van der Waals surface area contributed by atoms with Gasteiger partial charge in [0.05, 0.1) is 29.6 Å². The number of nitrogens with zero attached hydrogens (tertiary/aromatic N) is 9. The van der Waals surface area contributed by atoms with Gasteiger partial charge in [-0.15, -0.1) is 21.5 Å². The van der Waals surface area contributed by atoms with Crippen LogP contribution in [0.25, 0.3) is 16.5 Å². The summed E-state index contributed by atoms with van der Waals surface area (Å²) >= 11 is 1.05. The highest BCUT2D eigenvalue weighted by atomic mass is 32.1. The van der Waals surface area contributed by atoms with Crippen LogP contribution in [0.3, 0.4) is 0 Å². The normalized spacial score (nSPS) is 17.6. The SMILES string of the molecule is C/N=C\C1(C)CN(c2cnc(C(=O)Nc3csc(-c4nncn4[C@@H](C)C(F)(F)F)n3)cc2-n2cnc(C3CC3)c2)C1. The molecule has 1 saturated heterocycles. The minimum absolute atomic E-state index is 0.0358. The second-order valence-corrected chi connectivity index (χ2v) is 11.6. The minimum Gasteiger partial charge on any atom is -0.367 e. The van der Waals surface area contributed by atoms with Crippen molar-refractivity contribution in [1.29, 1.82) is 0 Å². The first kappa shape index (κ1) is 27.1. The van der Waals surface area contributed by atoms with Crippen LogP contribution < -0.4 is 10.2 Å². The van der Waals surface area contributed by atoms with E-state index in [-0.39, 0.29) is 27.8 Å². The summed E-state index contributed by atoms with van der Waals surface area (Å²) in [4.78, 5) is 32.9. The molecule has 1 aliphatic carbocycles. The summed E-state index contributed by atoms with van der Waals surface area (Å²) in [5.41, 5.74) is 2.78. The van der Waals surface area contributed by atoms with Gasteiger partial charge in [0.25, 0.3) is 5.91 Å². The van der Waals surface area contributed by atoms with Crippen LogP contribution in [0.15, 0.2) is 41.5 Å². The number of rotatable bonds is 8. The fraction of sp³-hybridized carbons (Fsp3) is 0.423. The number of hydrogen-bond donors (Lipinski definition) is 1. The van der Waals surface area contributed by atoms with Crippen molar-refractivity contribution in [3.05, 3.63) is 47.9 Å². The van der Waals surface area contributed by atoms with E-state index in [4.69, 9.17) is 0 Å². The maximum Gasteiger partial charge on any atom is 0.408 e. The zero-order valence-electron chi connectivity index (χ0n) is 22.5. The van der Waals surface area contributed by atoms with Gasteiger partial charge >= 0.3 is 6.18 Å². The van der Waals surface area contributed by atoms with Crippen LogP contribution in [0.1, 0.15) is 54.8 Å². The zero-order chi connectivity index (χ0) is 28.9. The highest BCUT2D eigenvalue weighted by Crippen LogP contribution is 2.41. The summed E-state index contributed by atoms with van der Waals surface area (Å²) < 4.78 is 42.7. The van der Waals surface area contributed by atoms with Crippen molar-refractivity contribution < 1.29 is 18.0 Å². The lowest BCUT2D eigenvalue weighted by Crippen LogP contribution is -2.56. The molecule has 5 heterocycles. The third-order valence-corrected chi connectivity index (χ3v) is 8.10. The topological polar surface area (TPSA) is 119 Å². The van der Waals surface area contributed by atoms with Crippen molar-refractivity contribution in [2.45, 2.75) is 44.8 Å². The Bertz CT molecular complexity index is 1610. The summed E-state index contributed by atoms with van der Waals surface area (Å²) in [6.45, 7) is 4.67. The van der Waals surface area contributed by atoms with Gasteiger partial charge in [0.2, 0.25) is 0 Å². The maximum atomic E-state index is 13.3. The third kappa shape index (κ3) is 5.33. The molecular formula is C26H27F3N10OS. The van der Waals surface area contributed by atoms with Crippen LogP contribution in [-0.2, 0) is 0 Å². The average Bonchev–Trinajstić information content (AvgIpc) is 3.29. The smallest absolute Gasteiger partial charge is 0.367 e. The fourth-order valence-corrected chi connectivity index (χ4v) is 5.65. The van der Waals surface area contributed by atoms with Gasteiger partial charge in [-0.3, -0.25) is 9.36 Å². The second kappa shape index (κ2) is 10.0. The molecule has 0 spiro atoms. The van der Waals surface area contributed by atoms with Crippen LogP contribution >= 0.6 is 11.3 Å². The molecule has 1 amide bonds. The molecule has 1 saturated carbocycles. The molecule has 1 atom stereocenters. The van der Waals surface area contributed by atoms with E-state index in [0.717, 1.165) is 72.2 Å². The number of alkyl halides is 3. The predicted octanol–water partition coefficient (Wildman–Crippen LogP) is 4.76. The van der Waals surface area contributed by atoms with Gasteiger partial charge in [0.1, 0.15) is 23.9 Å². The first-order valence-electron chi connectivity index (χ1n) is 13.0. The van der Waals surface area contributed by atoms with Gasteiger partial charge in [-0.2, -0.15) is 13.2 Å². The highest BCUT2D eigenvalue weighted by Gasteiger charge is 2.40. The van der Waals surface area contributed by atoms with Crippen molar-refractivity contribution in [2.24, 2.45) is 10.4 Å². The lowest BCUT2D eigenvalue weighted by atomic mass is 9.83. The standard InChI is InChI=1S/C26H27F3N10OS/c1-15(26(27,28)29)39-14-33-36-22(39)24-35-21(9-41-24)34-23(40)17-6-19(37-8-18(32-13-37)16-4-5-16)20(7-31-17)38-11-25(2,12-38)10-30-3/h6-10,13-16H,4-5,11-12H2,1-3H3,(H,34,40)/b30-10-/t15-/m0/s1. The Morgan fingerprint density at radius 2 is 2.02 bits per heavy atom. The number of aliphatic imine (C=N–C) groups is 1. The third-order valence-electron chi connectivity index (χ3n) is 7.26. The predicted molar refractivity (Wildman–Crippen MR) is 148 cm³/mol. The van der Waals surface area contributed by atoms with Crippen LogP contribution in [0.4, 0.5) is 24.7 Å². The van der Waals surface area contributed by atoms with E-state index in [1.807, 2.05) is 17.0 Å². The van der Waals surface area contributed by atoms with E-state index in [9.17, 15) is 18.0 Å². The molecule has 1 N–H and O–H groups in total. The van der Waals surface area contributed by atoms with Crippen molar-refractivity contribution in [2.75, 3.05) is 30.4 Å². The van der Waals surface area contributed by atoms with E-state index < -0.39 is 18.1 Å². The largest absolute Gasteiger partial charge is 0.408 e. The number of imidazole rings is 1. The van der Waals surface area contributed by atoms with E-state index >= 15 is 0 Å². The average molecular weight is 585 g/mol. The quantitative estimate of drug-likeness (QED) is 0.297. The van der Waals surface area contributed by atoms with E-state index in [0.29, 0.717) is 5.92 Å². The summed E-state index contributed by atoms with van der Waals surface area (Å²) in [5, 5.41) is 11.9. The summed E-state index contributed by atoms with van der Waals surface area (Å²) in [6, 6.07) is -0.126. The summed E-state index contributed by atoms with van der Waals surface area (Å²) in [7, 11) is 1.76. The van der Waals surface area contributed by atoms with Gasteiger partial charge in [-0.25, -0.2) is 15.0 Å². The first-order valence-corrected chi connectivity index (χ1v) is 13.9. The molecule has 0 radical (unpaired) electrons. The van der Waals surface area contributed by atoms with E-state index in [1.54, 1.807) is 25.6 Å².